The lowest BCUT2D eigenvalue weighted by molar-refractivity contribution is -0.108. The van der Waals surface area contributed by atoms with E-state index in [1.54, 1.807) is 0 Å². The van der Waals surface area contributed by atoms with Gasteiger partial charge in [-0.1, -0.05) is 13.8 Å². The zero-order valence-electron chi connectivity index (χ0n) is 6.63. The molecule has 0 N–H and O–H groups in total. The molecule has 0 spiro atoms. The van der Waals surface area contributed by atoms with Gasteiger partial charge in [-0.25, -0.2) is 0 Å². The molecular formula is C9H14O. The van der Waals surface area contributed by atoms with Crippen molar-refractivity contribution in [1.82, 2.24) is 0 Å². The minimum absolute atomic E-state index is 0.150. The summed E-state index contributed by atoms with van der Waals surface area (Å²) in [6.07, 6.45) is 7.56. The Balaban J connectivity index is 3.62. The molecule has 0 saturated carbocycles. The first kappa shape index (κ1) is 9.23. The Morgan fingerprint density at radius 1 is 1.60 bits per heavy atom. The summed E-state index contributed by atoms with van der Waals surface area (Å²) in [6.45, 7) is 4.21. The Labute approximate surface area is 62.8 Å². The van der Waals surface area contributed by atoms with Crippen molar-refractivity contribution in [1.29, 1.82) is 0 Å². The highest BCUT2D eigenvalue weighted by Crippen LogP contribution is 2.12. The predicted octanol–water partition coefficient (Wildman–Crippen LogP) is 1.87. The van der Waals surface area contributed by atoms with Crippen molar-refractivity contribution in [2.24, 2.45) is 11.8 Å². The van der Waals surface area contributed by atoms with Gasteiger partial charge in [0.05, 0.1) is 0 Å². The monoisotopic (exact) mass is 138 g/mol. The molecule has 0 saturated heterocycles. The predicted molar refractivity (Wildman–Crippen MR) is 42.5 cm³/mol. The summed E-state index contributed by atoms with van der Waals surface area (Å²) >= 11 is 0. The maximum Gasteiger partial charge on any atom is 0.121 e. The Kier molecular flexibility index (Phi) is 4.66. The topological polar surface area (TPSA) is 17.1 Å². The Morgan fingerprint density at radius 3 is 2.50 bits per heavy atom. The van der Waals surface area contributed by atoms with E-state index in [1.165, 1.54) is 0 Å². The summed E-state index contributed by atoms with van der Waals surface area (Å²) in [6, 6.07) is 0. The molecule has 1 unspecified atom stereocenters. The third-order valence-electron chi connectivity index (χ3n) is 1.37. The van der Waals surface area contributed by atoms with Gasteiger partial charge in [0.1, 0.15) is 6.29 Å². The lowest BCUT2D eigenvalue weighted by atomic mass is 9.96. The van der Waals surface area contributed by atoms with Crippen LogP contribution >= 0.6 is 0 Å². The highest BCUT2D eigenvalue weighted by atomic mass is 16.1. The summed E-state index contributed by atoms with van der Waals surface area (Å²) in [5.41, 5.74) is 0. The van der Waals surface area contributed by atoms with Crippen LogP contribution in [0.25, 0.3) is 0 Å². The fourth-order valence-corrected chi connectivity index (χ4v) is 0.917. The van der Waals surface area contributed by atoms with Gasteiger partial charge in [0.25, 0.3) is 0 Å². The lowest BCUT2D eigenvalue weighted by Crippen LogP contribution is -2.02. The van der Waals surface area contributed by atoms with Gasteiger partial charge >= 0.3 is 0 Å². The number of terminal acetylenes is 1. The van der Waals surface area contributed by atoms with E-state index in [4.69, 9.17) is 6.42 Å². The molecule has 1 atom stereocenters. The van der Waals surface area contributed by atoms with Crippen molar-refractivity contribution in [3.05, 3.63) is 0 Å². The van der Waals surface area contributed by atoms with E-state index in [0.29, 0.717) is 12.3 Å². The highest BCUT2D eigenvalue weighted by Gasteiger charge is 2.05. The minimum Gasteiger partial charge on any atom is -0.303 e. The maximum atomic E-state index is 10.1. The highest BCUT2D eigenvalue weighted by molar-refractivity contribution is 5.50. The van der Waals surface area contributed by atoms with Crippen LogP contribution in [-0.2, 0) is 4.79 Å². The summed E-state index contributed by atoms with van der Waals surface area (Å²) in [4.78, 5) is 10.1. The molecule has 0 amide bonds. The van der Waals surface area contributed by atoms with Gasteiger partial charge in [0, 0.05) is 12.3 Å². The van der Waals surface area contributed by atoms with Crippen molar-refractivity contribution in [2.45, 2.75) is 26.7 Å². The Bertz CT molecular complexity index is 130. The second-order valence-electron chi connectivity index (χ2n) is 2.90. The number of aldehydes is 1. The quantitative estimate of drug-likeness (QED) is 0.428. The number of carbonyl (C=O) groups is 1. The van der Waals surface area contributed by atoms with Crippen LogP contribution in [0, 0.1) is 24.2 Å². The molecule has 0 aromatic heterocycles. The molecule has 56 valence electrons. The van der Waals surface area contributed by atoms with E-state index in [0.717, 1.165) is 12.7 Å². The van der Waals surface area contributed by atoms with Crippen LogP contribution in [0.5, 0.6) is 0 Å². The van der Waals surface area contributed by atoms with Gasteiger partial charge in [0.15, 0.2) is 0 Å². The van der Waals surface area contributed by atoms with Crippen LogP contribution in [-0.4, -0.2) is 6.29 Å². The van der Waals surface area contributed by atoms with Crippen molar-refractivity contribution in [3.63, 3.8) is 0 Å². The Hall–Kier alpha value is -0.770. The smallest absolute Gasteiger partial charge is 0.121 e. The lowest BCUT2D eigenvalue weighted by Gasteiger charge is -2.08. The molecule has 1 nitrogen and oxygen atoms in total. The van der Waals surface area contributed by atoms with Gasteiger partial charge < -0.3 is 4.79 Å². The van der Waals surface area contributed by atoms with Crippen LogP contribution in [0.4, 0.5) is 0 Å². The molecule has 0 radical (unpaired) electrons. The number of hydrogen-bond acceptors (Lipinski definition) is 1. The van der Waals surface area contributed by atoms with E-state index >= 15 is 0 Å². The average molecular weight is 138 g/mol. The van der Waals surface area contributed by atoms with Crippen LogP contribution in [0.15, 0.2) is 0 Å². The SMILES string of the molecule is C#CC(CC=O)CC(C)C. The normalized spacial score (nSPS) is 12.6. The van der Waals surface area contributed by atoms with E-state index in [9.17, 15) is 4.79 Å². The van der Waals surface area contributed by atoms with E-state index < -0.39 is 0 Å². The second-order valence-corrected chi connectivity index (χ2v) is 2.90. The first-order valence-corrected chi connectivity index (χ1v) is 3.60. The van der Waals surface area contributed by atoms with E-state index in [1.807, 2.05) is 0 Å². The summed E-state index contributed by atoms with van der Waals surface area (Å²) in [5.74, 6) is 3.34. The molecule has 0 heterocycles. The third-order valence-corrected chi connectivity index (χ3v) is 1.37. The number of carbonyl (C=O) groups excluding carboxylic acids is 1. The van der Waals surface area contributed by atoms with Crippen LogP contribution < -0.4 is 0 Å². The zero-order chi connectivity index (χ0) is 7.98. The van der Waals surface area contributed by atoms with E-state index in [2.05, 4.69) is 19.8 Å². The first-order valence-electron chi connectivity index (χ1n) is 3.60. The second kappa shape index (κ2) is 5.05. The van der Waals surface area contributed by atoms with Crippen molar-refractivity contribution < 1.29 is 4.79 Å². The van der Waals surface area contributed by atoms with Gasteiger partial charge in [-0.3, -0.25) is 0 Å². The van der Waals surface area contributed by atoms with Crippen molar-refractivity contribution in [2.75, 3.05) is 0 Å². The molecular weight excluding hydrogens is 124 g/mol. The zero-order valence-corrected chi connectivity index (χ0v) is 6.63. The maximum absolute atomic E-state index is 10.1. The van der Waals surface area contributed by atoms with Gasteiger partial charge in [-0.05, 0) is 12.3 Å². The molecule has 0 aliphatic carbocycles. The summed E-state index contributed by atoms with van der Waals surface area (Å²) in [7, 11) is 0. The first-order chi connectivity index (χ1) is 4.70. The summed E-state index contributed by atoms with van der Waals surface area (Å²) in [5, 5.41) is 0. The molecule has 0 aromatic carbocycles. The van der Waals surface area contributed by atoms with E-state index in [-0.39, 0.29) is 5.92 Å². The molecule has 0 aromatic rings. The molecule has 0 aliphatic rings. The summed E-state index contributed by atoms with van der Waals surface area (Å²) < 4.78 is 0. The average Bonchev–Trinajstić information content (AvgIpc) is 1.86. The number of rotatable bonds is 4. The largest absolute Gasteiger partial charge is 0.303 e. The van der Waals surface area contributed by atoms with Crippen LogP contribution in [0.3, 0.4) is 0 Å². The van der Waals surface area contributed by atoms with Gasteiger partial charge in [-0.2, -0.15) is 0 Å². The molecule has 1 heteroatoms. The van der Waals surface area contributed by atoms with Crippen molar-refractivity contribution in [3.8, 4) is 12.3 Å². The molecule has 0 rings (SSSR count). The standard InChI is InChI=1S/C9H14O/c1-4-9(5-6-10)7-8(2)3/h1,6,8-9H,5,7H2,2-3H3. The number of hydrogen-bond donors (Lipinski definition) is 0. The van der Waals surface area contributed by atoms with Crippen LogP contribution in [0.1, 0.15) is 26.7 Å². The minimum atomic E-state index is 0.150. The Morgan fingerprint density at radius 2 is 2.20 bits per heavy atom. The molecule has 0 fully saturated rings. The fraction of sp³-hybridized carbons (Fsp3) is 0.667. The van der Waals surface area contributed by atoms with Gasteiger partial charge in [-0.15, -0.1) is 12.3 Å². The molecule has 0 bridgehead atoms. The molecule has 0 aliphatic heterocycles. The van der Waals surface area contributed by atoms with Gasteiger partial charge in [0.2, 0.25) is 0 Å². The third kappa shape index (κ3) is 4.14. The fourth-order valence-electron chi connectivity index (χ4n) is 0.917. The van der Waals surface area contributed by atoms with Crippen molar-refractivity contribution >= 4 is 6.29 Å². The van der Waals surface area contributed by atoms with Crippen LogP contribution in [0.2, 0.25) is 0 Å². The molecule has 10 heavy (non-hydrogen) atoms.